The van der Waals surface area contributed by atoms with Crippen LogP contribution in [0.25, 0.3) is 0 Å². The minimum atomic E-state index is -5.01. The number of nitrogens with zero attached hydrogens (tertiary/aromatic N) is 1. The number of nitrogens with two attached hydrogens (primary N) is 1. The van der Waals surface area contributed by atoms with Gasteiger partial charge in [0.2, 0.25) is 0 Å². The first-order valence-corrected chi connectivity index (χ1v) is 8.59. The van der Waals surface area contributed by atoms with Crippen molar-refractivity contribution in [1.82, 2.24) is 4.98 Å². The number of pyridine rings is 1. The Morgan fingerprint density at radius 3 is 2.23 bits per heavy atom. The minimum Gasteiger partial charge on any atom is -0.394 e. The van der Waals surface area contributed by atoms with Gasteiger partial charge in [0.1, 0.15) is 0 Å². The lowest BCUT2D eigenvalue weighted by atomic mass is 10.1. The van der Waals surface area contributed by atoms with Crippen LogP contribution in [0.15, 0.2) is 66.7 Å². The van der Waals surface area contributed by atoms with E-state index in [0.29, 0.717) is 25.0 Å². The molecule has 2 rings (SSSR count). The van der Waals surface area contributed by atoms with E-state index in [-0.39, 0.29) is 11.8 Å². The third-order valence-electron chi connectivity index (χ3n) is 3.84. The molecule has 0 aliphatic heterocycles. The molecule has 0 fully saturated rings. The number of aryl methyl sites for hydroxylation is 1. The molecule has 0 saturated carbocycles. The standard InChI is InChI=1S/C20H17F6N3O/c21-19(22,23)14-9-15(20(24,25)26)11-16(10-14)29-18(30)17(27)7-3-1-2-5-13-6-4-8-28-12-13/h1,3-4,6-12H,2,5,27H2,(H,29,30)/b3-1-,17-7-. The molecule has 0 radical (unpaired) electrons. The number of amides is 1. The molecule has 4 nitrogen and oxygen atoms in total. The number of hydrogen-bond donors (Lipinski definition) is 2. The van der Waals surface area contributed by atoms with Crippen LogP contribution in [0, 0.1) is 0 Å². The fourth-order valence-corrected chi connectivity index (χ4v) is 2.37. The average Bonchev–Trinajstić information content (AvgIpc) is 2.66. The van der Waals surface area contributed by atoms with Gasteiger partial charge in [0, 0.05) is 18.1 Å². The van der Waals surface area contributed by atoms with Crippen LogP contribution in [-0.2, 0) is 23.6 Å². The molecule has 0 aliphatic carbocycles. The number of alkyl halides is 6. The first-order chi connectivity index (χ1) is 14.0. The number of nitrogens with one attached hydrogen (secondary N) is 1. The molecule has 1 heterocycles. The smallest absolute Gasteiger partial charge is 0.394 e. The molecular formula is C20H17F6N3O. The maximum absolute atomic E-state index is 12.9. The van der Waals surface area contributed by atoms with Crippen LogP contribution in [0.5, 0.6) is 0 Å². The van der Waals surface area contributed by atoms with Crippen molar-refractivity contribution < 1.29 is 31.1 Å². The summed E-state index contributed by atoms with van der Waals surface area (Å²) in [5.41, 5.74) is 2.43. The summed E-state index contributed by atoms with van der Waals surface area (Å²) in [5.74, 6) is -1.03. The van der Waals surface area contributed by atoms with Gasteiger partial charge in [-0.3, -0.25) is 9.78 Å². The number of anilines is 1. The van der Waals surface area contributed by atoms with Gasteiger partial charge in [-0.05, 0) is 48.7 Å². The second-order valence-corrected chi connectivity index (χ2v) is 6.20. The van der Waals surface area contributed by atoms with E-state index in [1.165, 1.54) is 12.2 Å². The van der Waals surface area contributed by atoms with Crippen LogP contribution in [-0.4, -0.2) is 10.9 Å². The van der Waals surface area contributed by atoms with E-state index in [2.05, 4.69) is 4.98 Å². The Bertz CT molecular complexity index is 902. The summed E-state index contributed by atoms with van der Waals surface area (Å²) in [6.07, 6.45) is -1.000. The fourth-order valence-electron chi connectivity index (χ4n) is 2.37. The molecule has 1 amide bonds. The van der Waals surface area contributed by atoms with Crippen molar-refractivity contribution in [3.05, 3.63) is 83.3 Å². The highest BCUT2D eigenvalue weighted by Crippen LogP contribution is 2.37. The van der Waals surface area contributed by atoms with Gasteiger partial charge in [-0.1, -0.05) is 18.2 Å². The molecule has 1 aromatic heterocycles. The Morgan fingerprint density at radius 2 is 1.70 bits per heavy atom. The Morgan fingerprint density at radius 1 is 1.07 bits per heavy atom. The first-order valence-electron chi connectivity index (χ1n) is 8.59. The fraction of sp³-hybridized carbons (Fsp3) is 0.200. The number of allylic oxidation sites excluding steroid dienone is 3. The van der Waals surface area contributed by atoms with E-state index < -0.39 is 35.1 Å². The van der Waals surface area contributed by atoms with E-state index in [1.807, 2.05) is 11.4 Å². The number of halogens is 6. The van der Waals surface area contributed by atoms with Crippen molar-refractivity contribution in [2.75, 3.05) is 5.32 Å². The second-order valence-electron chi connectivity index (χ2n) is 6.20. The maximum Gasteiger partial charge on any atom is 0.416 e. The van der Waals surface area contributed by atoms with Gasteiger partial charge in [0.05, 0.1) is 16.8 Å². The molecule has 2 aromatic rings. The lowest BCUT2D eigenvalue weighted by molar-refractivity contribution is -0.143. The van der Waals surface area contributed by atoms with E-state index in [9.17, 15) is 31.1 Å². The number of carbonyl (C=O) groups is 1. The van der Waals surface area contributed by atoms with Crippen molar-refractivity contribution in [2.45, 2.75) is 25.2 Å². The number of hydrogen-bond acceptors (Lipinski definition) is 3. The molecule has 30 heavy (non-hydrogen) atoms. The van der Waals surface area contributed by atoms with Gasteiger partial charge in [-0.2, -0.15) is 26.3 Å². The molecule has 0 atom stereocenters. The van der Waals surface area contributed by atoms with Gasteiger partial charge in [0.25, 0.3) is 5.91 Å². The molecule has 160 valence electrons. The van der Waals surface area contributed by atoms with Gasteiger partial charge >= 0.3 is 12.4 Å². The first kappa shape index (κ1) is 23.0. The monoisotopic (exact) mass is 429 g/mol. The highest BCUT2D eigenvalue weighted by Gasteiger charge is 2.37. The Labute approximate surface area is 168 Å². The normalized spacial score (nSPS) is 12.9. The zero-order valence-corrected chi connectivity index (χ0v) is 15.4. The van der Waals surface area contributed by atoms with Crippen LogP contribution in [0.1, 0.15) is 23.1 Å². The molecule has 1 aromatic carbocycles. The SMILES string of the molecule is N/C(=C\C=C/CCc1cccnc1)C(=O)Nc1cc(C(F)(F)F)cc(C(F)(F)F)c1. The molecule has 0 saturated heterocycles. The Hall–Kier alpha value is -3.30. The summed E-state index contributed by atoms with van der Waals surface area (Å²) < 4.78 is 77.2. The van der Waals surface area contributed by atoms with E-state index in [4.69, 9.17) is 5.73 Å². The van der Waals surface area contributed by atoms with Crippen molar-refractivity contribution in [3.63, 3.8) is 0 Å². The van der Waals surface area contributed by atoms with Crippen molar-refractivity contribution in [2.24, 2.45) is 5.73 Å². The molecule has 10 heteroatoms. The average molecular weight is 429 g/mol. The van der Waals surface area contributed by atoms with E-state index in [1.54, 1.807) is 24.5 Å². The Kier molecular flexibility index (Phi) is 7.25. The van der Waals surface area contributed by atoms with Crippen LogP contribution in [0.2, 0.25) is 0 Å². The van der Waals surface area contributed by atoms with Crippen molar-refractivity contribution >= 4 is 11.6 Å². The molecule has 0 spiro atoms. The van der Waals surface area contributed by atoms with Gasteiger partial charge in [0.15, 0.2) is 0 Å². The quantitative estimate of drug-likeness (QED) is 0.382. The summed E-state index contributed by atoms with van der Waals surface area (Å²) in [5, 5.41) is 1.96. The predicted octanol–water partition coefficient (Wildman–Crippen LogP) is 5.09. The number of aromatic nitrogens is 1. The van der Waals surface area contributed by atoms with Crippen LogP contribution >= 0.6 is 0 Å². The second kappa shape index (κ2) is 9.47. The van der Waals surface area contributed by atoms with E-state index >= 15 is 0 Å². The maximum atomic E-state index is 12.9. The third kappa shape index (κ3) is 6.94. The van der Waals surface area contributed by atoms with Gasteiger partial charge in [-0.15, -0.1) is 0 Å². The van der Waals surface area contributed by atoms with Gasteiger partial charge < -0.3 is 11.1 Å². The zero-order valence-electron chi connectivity index (χ0n) is 15.4. The molecular weight excluding hydrogens is 412 g/mol. The summed E-state index contributed by atoms with van der Waals surface area (Å²) in [6.45, 7) is 0. The minimum absolute atomic E-state index is 0.0279. The summed E-state index contributed by atoms with van der Waals surface area (Å²) in [4.78, 5) is 16.0. The van der Waals surface area contributed by atoms with Gasteiger partial charge in [-0.25, -0.2) is 0 Å². The summed E-state index contributed by atoms with van der Waals surface area (Å²) in [6, 6.07) is 4.47. The topological polar surface area (TPSA) is 68.0 Å². The third-order valence-corrected chi connectivity index (χ3v) is 3.84. The molecule has 0 bridgehead atoms. The predicted molar refractivity (Wildman–Crippen MR) is 99.0 cm³/mol. The summed E-state index contributed by atoms with van der Waals surface area (Å²) in [7, 11) is 0. The van der Waals surface area contributed by atoms with Crippen LogP contribution in [0.4, 0.5) is 32.0 Å². The lowest BCUT2D eigenvalue weighted by Gasteiger charge is -2.14. The molecule has 3 N–H and O–H groups in total. The van der Waals surface area contributed by atoms with Crippen LogP contribution in [0.3, 0.4) is 0 Å². The highest BCUT2D eigenvalue weighted by molar-refractivity contribution is 6.03. The Balaban J connectivity index is 2.06. The largest absolute Gasteiger partial charge is 0.416 e. The zero-order chi connectivity index (χ0) is 22.4. The lowest BCUT2D eigenvalue weighted by Crippen LogP contribution is -2.21. The highest BCUT2D eigenvalue weighted by atomic mass is 19.4. The molecule has 0 unspecified atom stereocenters. The van der Waals surface area contributed by atoms with Crippen molar-refractivity contribution in [1.29, 1.82) is 0 Å². The summed E-state index contributed by atoms with van der Waals surface area (Å²) >= 11 is 0. The van der Waals surface area contributed by atoms with E-state index in [0.717, 1.165) is 5.56 Å². The van der Waals surface area contributed by atoms with Crippen LogP contribution < -0.4 is 11.1 Å². The number of benzene rings is 1. The molecule has 0 aliphatic rings. The van der Waals surface area contributed by atoms with Crippen molar-refractivity contribution in [3.8, 4) is 0 Å². The number of rotatable bonds is 6. The number of carbonyl (C=O) groups excluding carboxylic acids is 1.